The van der Waals surface area contributed by atoms with Gasteiger partial charge in [0.25, 0.3) is 0 Å². The Bertz CT molecular complexity index is 8670. The second-order valence-electron chi connectivity index (χ2n) is 33.2. The maximum Gasteiger partial charge on any atom is 0.0970 e. The summed E-state index contributed by atoms with van der Waals surface area (Å²) in [7, 11) is 0. The molecule has 5 aromatic heterocycles. The number of para-hydroxylation sites is 3. The molecule has 5 heterocycles. The SMILES string of the molecule is c1ccc(-c2c3ccccc3c(-c3ccc(-c4ccc5c(c4)c4ccccc4n5-c4ccccc4)cc3)c3ccccc23)cc1.c1ccc(-c2c3ccccc3c(-c3ccccc3)c3cc(-c4cccc(-n5c6ccccc6c6cc(-c7cccc8c7sc7ccccc78)ccc65)c4)ccc23)cc1.c1ccc(-c2ccnc3c2ccc2c(-c4ccccc4)ccnc23)cc1. The molecular formula is C124H80N4S. The third kappa shape index (κ3) is 13.4. The fourth-order valence-corrected chi connectivity index (χ4v) is 21.4. The van der Waals surface area contributed by atoms with Crippen molar-refractivity contribution in [1.82, 2.24) is 19.1 Å². The molecule has 0 aliphatic rings. The van der Waals surface area contributed by atoms with Gasteiger partial charge >= 0.3 is 0 Å². The molecule has 21 aromatic carbocycles. The van der Waals surface area contributed by atoms with Gasteiger partial charge in [0.15, 0.2) is 0 Å². The minimum Gasteiger partial charge on any atom is -0.309 e. The largest absolute Gasteiger partial charge is 0.309 e. The van der Waals surface area contributed by atoms with Gasteiger partial charge in [-0.1, -0.05) is 388 Å². The van der Waals surface area contributed by atoms with Crippen LogP contribution < -0.4 is 0 Å². The lowest BCUT2D eigenvalue weighted by Crippen LogP contribution is -1.95. The van der Waals surface area contributed by atoms with Gasteiger partial charge in [0.2, 0.25) is 0 Å². The van der Waals surface area contributed by atoms with Gasteiger partial charge in [-0.2, -0.15) is 0 Å². The number of thiophene rings is 1. The first-order chi connectivity index (χ1) is 64.0. The van der Waals surface area contributed by atoms with Crippen LogP contribution in [-0.2, 0) is 0 Å². The van der Waals surface area contributed by atoms with Crippen LogP contribution in [0.3, 0.4) is 0 Å². The number of rotatable bonds is 11. The molecule has 26 rings (SSSR count). The van der Waals surface area contributed by atoms with E-state index in [0.29, 0.717) is 0 Å². The molecule has 0 saturated heterocycles. The van der Waals surface area contributed by atoms with E-state index >= 15 is 0 Å². The van der Waals surface area contributed by atoms with Crippen molar-refractivity contribution >= 4 is 140 Å². The number of pyridine rings is 2. The molecule has 129 heavy (non-hydrogen) atoms. The maximum atomic E-state index is 4.67. The maximum absolute atomic E-state index is 4.67. The molecule has 0 amide bonds. The molecule has 0 aliphatic heterocycles. The summed E-state index contributed by atoms with van der Waals surface area (Å²) in [6.45, 7) is 0. The van der Waals surface area contributed by atoms with E-state index in [2.05, 4.69) is 480 Å². The Morgan fingerprint density at radius 1 is 0.163 bits per heavy atom. The van der Waals surface area contributed by atoms with Gasteiger partial charge < -0.3 is 9.13 Å². The Labute approximate surface area is 750 Å². The Morgan fingerprint density at radius 2 is 0.473 bits per heavy atom. The fraction of sp³-hybridized carbons (Fsp3) is 0. The number of fused-ring (bicyclic) bond motifs is 16. The van der Waals surface area contributed by atoms with Crippen molar-refractivity contribution in [2.75, 3.05) is 0 Å². The minimum absolute atomic E-state index is 0.946. The molecule has 0 saturated carbocycles. The lowest BCUT2D eigenvalue weighted by atomic mass is 9.85. The summed E-state index contributed by atoms with van der Waals surface area (Å²) in [5.41, 5.74) is 31.2. The highest BCUT2D eigenvalue weighted by molar-refractivity contribution is 7.26. The zero-order chi connectivity index (χ0) is 85.2. The van der Waals surface area contributed by atoms with Crippen LogP contribution in [0, 0.1) is 0 Å². The van der Waals surface area contributed by atoms with E-state index in [1.54, 1.807) is 0 Å². The van der Waals surface area contributed by atoms with Crippen molar-refractivity contribution < 1.29 is 0 Å². The van der Waals surface area contributed by atoms with E-state index in [9.17, 15) is 0 Å². The first-order valence-corrected chi connectivity index (χ1v) is 45.0. The zero-order valence-corrected chi connectivity index (χ0v) is 71.2. The second-order valence-corrected chi connectivity index (χ2v) is 34.3. The highest BCUT2D eigenvalue weighted by atomic mass is 32.1. The fourth-order valence-electron chi connectivity index (χ4n) is 20.2. The molecule has 0 bridgehead atoms. The Morgan fingerprint density at radius 3 is 0.977 bits per heavy atom. The summed E-state index contributed by atoms with van der Waals surface area (Å²) in [5, 5.41) is 20.1. The third-order valence-corrected chi connectivity index (χ3v) is 27.2. The summed E-state index contributed by atoms with van der Waals surface area (Å²) < 4.78 is 7.48. The van der Waals surface area contributed by atoms with Crippen LogP contribution in [0.15, 0.2) is 486 Å². The molecule has 602 valence electrons. The topological polar surface area (TPSA) is 35.6 Å². The van der Waals surface area contributed by atoms with E-state index in [4.69, 9.17) is 0 Å². The Balaban J connectivity index is 0.000000115. The van der Waals surface area contributed by atoms with Gasteiger partial charge in [0.1, 0.15) is 0 Å². The van der Waals surface area contributed by atoms with E-state index in [-0.39, 0.29) is 0 Å². The monoisotopic (exact) mass is 1660 g/mol. The van der Waals surface area contributed by atoms with E-state index in [1.165, 1.54) is 213 Å². The van der Waals surface area contributed by atoms with Crippen molar-refractivity contribution in [2.24, 2.45) is 0 Å². The third-order valence-electron chi connectivity index (χ3n) is 26.0. The van der Waals surface area contributed by atoms with Crippen molar-refractivity contribution in [1.29, 1.82) is 0 Å². The van der Waals surface area contributed by atoms with Crippen molar-refractivity contribution in [3.8, 4) is 112 Å². The summed E-state index contributed by atoms with van der Waals surface area (Å²) in [6.07, 6.45) is 3.75. The van der Waals surface area contributed by atoms with Crippen molar-refractivity contribution in [2.45, 2.75) is 0 Å². The second kappa shape index (κ2) is 32.4. The van der Waals surface area contributed by atoms with E-state index < -0.39 is 0 Å². The van der Waals surface area contributed by atoms with Crippen molar-refractivity contribution in [3.05, 3.63) is 486 Å². The van der Waals surface area contributed by atoms with Crippen LogP contribution in [0.5, 0.6) is 0 Å². The smallest absolute Gasteiger partial charge is 0.0970 e. The van der Waals surface area contributed by atoms with Gasteiger partial charge in [0.05, 0.1) is 33.1 Å². The molecule has 0 fully saturated rings. The number of nitrogens with zero attached hydrogens (tertiary/aromatic N) is 4. The first-order valence-electron chi connectivity index (χ1n) is 44.1. The molecule has 0 N–H and O–H groups in total. The normalized spacial score (nSPS) is 11.6. The molecule has 0 atom stereocenters. The van der Waals surface area contributed by atoms with Crippen LogP contribution >= 0.6 is 11.3 Å². The Kier molecular flexibility index (Phi) is 19.1. The lowest BCUT2D eigenvalue weighted by molar-refractivity contribution is 1.18. The number of hydrogen-bond acceptors (Lipinski definition) is 3. The van der Waals surface area contributed by atoms with Crippen LogP contribution in [0.1, 0.15) is 0 Å². The number of hydrogen-bond donors (Lipinski definition) is 0. The van der Waals surface area contributed by atoms with E-state index in [0.717, 1.165) is 27.5 Å². The predicted octanol–water partition coefficient (Wildman–Crippen LogP) is 34.3. The minimum atomic E-state index is 0.946. The van der Waals surface area contributed by atoms with Crippen LogP contribution in [0.4, 0.5) is 0 Å². The molecular weight excluding hydrogens is 1580 g/mol. The molecule has 5 heteroatoms. The van der Waals surface area contributed by atoms with Gasteiger partial charge in [0, 0.05) is 76.3 Å². The van der Waals surface area contributed by atoms with Gasteiger partial charge in [-0.05, 0) is 228 Å². The van der Waals surface area contributed by atoms with Crippen LogP contribution in [-0.4, -0.2) is 19.1 Å². The van der Waals surface area contributed by atoms with E-state index in [1.807, 2.05) is 35.9 Å². The molecule has 0 radical (unpaired) electrons. The van der Waals surface area contributed by atoms with Crippen LogP contribution in [0.2, 0.25) is 0 Å². The highest BCUT2D eigenvalue weighted by Crippen LogP contribution is 2.50. The number of benzene rings is 21. The lowest BCUT2D eigenvalue weighted by Gasteiger charge is -2.19. The van der Waals surface area contributed by atoms with Crippen LogP contribution in [0.25, 0.3) is 240 Å². The summed E-state index contributed by atoms with van der Waals surface area (Å²) >= 11 is 1.89. The zero-order valence-electron chi connectivity index (χ0n) is 70.4. The highest BCUT2D eigenvalue weighted by Gasteiger charge is 2.23. The van der Waals surface area contributed by atoms with Crippen molar-refractivity contribution in [3.63, 3.8) is 0 Å². The molecule has 0 spiro atoms. The van der Waals surface area contributed by atoms with Gasteiger partial charge in [-0.25, -0.2) is 0 Å². The summed E-state index contributed by atoms with van der Waals surface area (Å²) in [5.74, 6) is 0. The average molecular weight is 1660 g/mol. The molecule has 0 aliphatic carbocycles. The average Bonchev–Trinajstić information content (AvgIpc) is 1.61. The first kappa shape index (κ1) is 76.0. The Hall–Kier alpha value is -16.7. The predicted molar refractivity (Wildman–Crippen MR) is 550 cm³/mol. The van der Waals surface area contributed by atoms with Gasteiger partial charge in [-0.15, -0.1) is 11.3 Å². The summed E-state index contributed by atoms with van der Waals surface area (Å²) in [4.78, 5) is 9.34. The molecule has 26 aromatic rings. The quantitative estimate of drug-likeness (QED) is 0.0956. The molecule has 4 nitrogen and oxygen atoms in total. The summed E-state index contributed by atoms with van der Waals surface area (Å²) in [6, 6.07) is 171. The standard InChI is InChI=1S/C56H35NS.C44H29N.C24H16N2/c1-3-15-36(16-4-1)54-45-23-7-8-24-46(45)55(37-17-5-2-6-18-37)50-34-39(29-31-47(50)54)38-19-13-20-41(33-38)57-51-27-11-9-21-43(51)49-35-40(30-32-52(49)57)42-25-14-26-48-44-22-10-12-28-53(44)58-56(42)48;1-3-13-31(14-4-1)43-36-18-7-9-20-38(36)44(39-21-10-8-19-37(39)43)32-25-23-30(24-26-32)33-27-28-42-40(29-33)35-17-11-12-22-41(35)45(42)34-15-5-2-6-16-34;1-3-7-17(8-4-1)19-13-15-25-23-21(19)11-12-22-20(14-16-26-24(22)23)18-9-5-2-6-10-18/h1-35H;1-29H;1-16H. The molecule has 0 unspecified atom stereocenters. The van der Waals surface area contributed by atoms with Gasteiger partial charge in [-0.3, -0.25) is 9.97 Å². The number of aromatic nitrogens is 4.